The van der Waals surface area contributed by atoms with E-state index in [0.717, 1.165) is 11.1 Å². The zero-order valence-electron chi connectivity index (χ0n) is 16.6. The largest absolute Gasteiger partial charge is 0.491 e. The molecule has 160 valence electrons. The predicted molar refractivity (Wildman–Crippen MR) is 119 cm³/mol. The average Bonchev–Trinajstić information content (AvgIpc) is 2.85. The molecule has 1 aliphatic carbocycles. The van der Waals surface area contributed by atoms with Gasteiger partial charge in [0, 0.05) is 11.3 Å². The van der Waals surface area contributed by atoms with Crippen LogP contribution in [0.2, 0.25) is 0 Å². The van der Waals surface area contributed by atoms with Crippen molar-refractivity contribution in [3.05, 3.63) is 63.4 Å². The molecule has 0 amide bonds. The second kappa shape index (κ2) is 11.3. The molecule has 0 saturated heterocycles. The van der Waals surface area contributed by atoms with Crippen LogP contribution in [0.4, 0.5) is 0 Å². The van der Waals surface area contributed by atoms with Crippen LogP contribution in [-0.4, -0.2) is 42.0 Å². The number of rotatable bonds is 10. The highest BCUT2D eigenvalue weighted by Crippen LogP contribution is 2.39. The summed E-state index contributed by atoms with van der Waals surface area (Å²) < 4.78 is 11.2. The predicted octanol–water partition coefficient (Wildman–Crippen LogP) is 5.24. The molecule has 2 rings (SSSR count). The Kier molecular flexibility index (Phi) is 9.38. The van der Waals surface area contributed by atoms with Crippen LogP contribution in [0.3, 0.4) is 0 Å². The summed E-state index contributed by atoms with van der Waals surface area (Å²) in [6.07, 6.45) is 4.30. The molecule has 0 aliphatic heterocycles. The van der Waals surface area contributed by atoms with Crippen molar-refractivity contribution in [3.63, 3.8) is 0 Å². The number of halogens is 3. The minimum atomic E-state index is -0.895. The van der Waals surface area contributed by atoms with Gasteiger partial charge >= 0.3 is 0 Å². The lowest BCUT2D eigenvalue weighted by molar-refractivity contribution is 0.0536. The van der Waals surface area contributed by atoms with Crippen LogP contribution in [0.5, 0.6) is 5.75 Å². The van der Waals surface area contributed by atoms with Crippen LogP contribution in [0.25, 0.3) is 0 Å². The highest BCUT2D eigenvalue weighted by Gasteiger charge is 2.27. The molecule has 2 N–H and O–H groups in total. The molecular weight excluding hydrogens is 435 g/mol. The topological polar surface area (TPSA) is 58.9 Å². The van der Waals surface area contributed by atoms with E-state index in [1.165, 1.54) is 0 Å². The molecule has 0 heterocycles. The van der Waals surface area contributed by atoms with Gasteiger partial charge in [0.25, 0.3) is 0 Å². The number of alkyl halides is 1. The Hall–Kier alpha value is -1.17. The van der Waals surface area contributed by atoms with E-state index >= 15 is 0 Å². The van der Waals surface area contributed by atoms with Gasteiger partial charge in [-0.25, -0.2) is 0 Å². The molecule has 0 radical (unpaired) electrons. The summed E-state index contributed by atoms with van der Waals surface area (Å²) >= 11 is 18.6. The first-order valence-electron chi connectivity index (χ1n) is 9.47. The van der Waals surface area contributed by atoms with E-state index < -0.39 is 6.10 Å². The first-order chi connectivity index (χ1) is 13.8. The summed E-state index contributed by atoms with van der Waals surface area (Å²) in [5.41, 5.74) is 1.88. The van der Waals surface area contributed by atoms with Crippen LogP contribution in [0.1, 0.15) is 32.3 Å². The molecule has 1 aliphatic rings. The lowest BCUT2D eigenvalue weighted by atomic mass is 9.76. The summed E-state index contributed by atoms with van der Waals surface area (Å²) in [5, 5.41) is 19.2. The molecule has 0 fully saturated rings. The highest BCUT2D eigenvalue weighted by atomic mass is 35.5. The second-order valence-electron chi connectivity index (χ2n) is 7.29. The first kappa shape index (κ1) is 24.1. The van der Waals surface area contributed by atoms with Gasteiger partial charge in [-0.15, -0.1) is 11.6 Å². The van der Waals surface area contributed by atoms with Crippen molar-refractivity contribution in [1.29, 1.82) is 0 Å². The zero-order chi connectivity index (χ0) is 21.4. The number of hydrogen-bond donors (Lipinski definition) is 2. The molecule has 7 heteroatoms. The molecule has 1 aromatic rings. The van der Waals surface area contributed by atoms with E-state index in [1.807, 2.05) is 36.4 Å². The molecule has 1 aromatic carbocycles. The van der Waals surface area contributed by atoms with E-state index in [-0.39, 0.29) is 18.6 Å². The van der Waals surface area contributed by atoms with Crippen molar-refractivity contribution in [3.8, 4) is 5.75 Å². The molecule has 4 nitrogen and oxygen atoms in total. The fourth-order valence-corrected chi connectivity index (χ4v) is 3.56. The van der Waals surface area contributed by atoms with Gasteiger partial charge < -0.3 is 19.7 Å². The Morgan fingerprint density at radius 2 is 1.83 bits per heavy atom. The van der Waals surface area contributed by atoms with Crippen molar-refractivity contribution >= 4 is 34.8 Å². The molecule has 1 unspecified atom stereocenters. The maximum atomic E-state index is 9.40. The Morgan fingerprint density at radius 1 is 1.14 bits per heavy atom. The van der Waals surface area contributed by atoms with Gasteiger partial charge in [-0.05, 0) is 36.6 Å². The van der Waals surface area contributed by atoms with Gasteiger partial charge in [-0.3, -0.25) is 0 Å². The number of aliphatic hydroxyl groups is 2. The number of benzene rings is 1. The third kappa shape index (κ3) is 6.66. The summed E-state index contributed by atoms with van der Waals surface area (Å²) in [6, 6.07) is 7.65. The molecule has 0 bridgehead atoms. The summed E-state index contributed by atoms with van der Waals surface area (Å²) in [4.78, 5) is 0. The Balaban J connectivity index is 2.20. The van der Waals surface area contributed by atoms with Crippen LogP contribution < -0.4 is 4.74 Å². The molecular formula is C22H27Cl3O4. The Morgan fingerprint density at radius 3 is 2.45 bits per heavy atom. The quantitative estimate of drug-likeness (QED) is 0.369. The van der Waals surface area contributed by atoms with Gasteiger partial charge in [0.2, 0.25) is 0 Å². The normalized spacial score (nSPS) is 16.1. The molecule has 0 spiro atoms. The van der Waals surface area contributed by atoms with Crippen molar-refractivity contribution in [2.75, 3.05) is 25.7 Å². The second-order valence-corrected chi connectivity index (χ2v) is 8.48. The molecule has 1 atom stereocenters. The maximum absolute atomic E-state index is 9.40. The summed E-state index contributed by atoms with van der Waals surface area (Å²) in [7, 11) is 0. The van der Waals surface area contributed by atoms with E-state index in [0.29, 0.717) is 46.9 Å². The minimum Gasteiger partial charge on any atom is -0.491 e. The number of aliphatic hydroxyl groups excluding tert-OH is 2. The van der Waals surface area contributed by atoms with Gasteiger partial charge in [-0.2, -0.15) is 0 Å². The Labute approximate surface area is 187 Å². The molecule has 29 heavy (non-hydrogen) atoms. The van der Waals surface area contributed by atoms with Gasteiger partial charge in [0.15, 0.2) is 5.76 Å². The van der Waals surface area contributed by atoms with E-state index in [4.69, 9.17) is 49.4 Å². The first-order valence-corrected chi connectivity index (χ1v) is 10.8. The monoisotopic (exact) mass is 460 g/mol. The van der Waals surface area contributed by atoms with Crippen LogP contribution in [0.15, 0.2) is 57.8 Å². The van der Waals surface area contributed by atoms with E-state index in [2.05, 4.69) is 13.8 Å². The van der Waals surface area contributed by atoms with Crippen LogP contribution >= 0.6 is 34.8 Å². The zero-order valence-corrected chi connectivity index (χ0v) is 18.9. The smallest absolute Gasteiger partial charge is 0.156 e. The van der Waals surface area contributed by atoms with Crippen LogP contribution in [0, 0.1) is 0 Å². The van der Waals surface area contributed by atoms with E-state index in [1.54, 1.807) is 0 Å². The number of ether oxygens (including phenoxy) is 2. The average molecular weight is 462 g/mol. The fourth-order valence-electron chi connectivity index (χ4n) is 2.88. The van der Waals surface area contributed by atoms with E-state index in [9.17, 15) is 5.11 Å². The fraction of sp³-hybridized carbons (Fsp3) is 0.455. The third-order valence-corrected chi connectivity index (χ3v) is 5.67. The SMILES string of the molecule is CC(C)(C1=CC(Cl)=C(OCCCCl)C(Cl)=CC1)c1ccc(OCC(O)CO)cc1. The standard InChI is InChI=1S/C22H27Cl3O4/c1-22(2,15-4-7-18(8-5-15)29-14-17(27)13-26)16-6-9-19(24)21(20(25)12-16)28-11-3-10-23/h4-5,7-9,12,17,26-27H,3,6,10-11,13-14H2,1-2H3. The molecule has 0 saturated carbocycles. The van der Waals surface area contributed by atoms with Crippen molar-refractivity contribution in [2.24, 2.45) is 0 Å². The maximum Gasteiger partial charge on any atom is 0.156 e. The third-order valence-electron chi connectivity index (χ3n) is 4.79. The number of allylic oxidation sites excluding steroid dienone is 5. The van der Waals surface area contributed by atoms with Crippen molar-refractivity contribution < 1.29 is 19.7 Å². The Bertz CT molecular complexity index is 767. The van der Waals surface area contributed by atoms with Gasteiger partial charge in [-0.1, -0.05) is 60.8 Å². The summed E-state index contributed by atoms with van der Waals surface area (Å²) in [5.74, 6) is 1.62. The van der Waals surface area contributed by atoms with Gasteiger partial charge in [0.1, 0.15) is 18.5 Å². The van der Waals surface area contributed by atoms with Crippen molar-refractivity contribution in [2.45, 2.75) is 38.2 Å². The molecule has 0 aromatic heterocycles. The van der Waals surface area contributed by atoms with Crippen LogP contribution in [-0.2, 0) is 10.2 Å². The van der Waals surface area contributed by atoms with Gasteiger partial charge in [0.05, 0.1) is 23.3 Å². The lowest BCUT2D eigenvalue weighted by Gasteiger charge is -2.28. The lowest BCUT2D eigenvalue weighted by Crippen LogP contribution is -2.22. The minimum absolute atomic E-state index is 0.0422. The van der Waals surface area contributed by atoms with Crippen molar-refractivity contribution in [1.82, 2.24) is 0 Å². The summed E-state index contributed by atoms with van der Waals surface area (Å²) in [6.45, 7) is 4.41. The highest BCUT2D eigenvalue weighted by molar-refractivity contribution is 6.36. The number of hydrogen-bond acceptors (Lipinski definition) is 4.